The predicted molar refractivity (Wildman–Crippen MR) is 154 cm³/mol. The molecule has 3 aromatic rings. The average Bonchev–Trinajstić information content (AvgIpc) is 2.95. The summed E-state index contributed by atoms with van der Waals surface area (Å²) in [4.78, 5) is 27.5. The zero-order chi connectivity index (χ0) is 28.6. The lowest BCUT2D eigenvalue weighted by atomic mass is 10.1. The number of H-pyrrole nitrogens is 1. The van der Waals surface area contributed by atoms with Crippen molar-refractivity contribution in [2.45, 2.75) is 39.0 Å². The molecule has 5 N–H and O–H groups in total. The molecule has 0 bridgehead atoms. The molecular weight excluding hydrogens is 536 g/mol. The van der Waals surface area contributed by atoms with E-state index in [1.54, 1.807) is 31.4 Å². The first-order valence-corrected chi connectivity index (χ1v) is 13.5. The summed E-state index contributed by atoms with van der Waals surface area (Å²) in [5.41, 5.74) is 7.98. The van der Waals surface area contributed by atoms with Crippen LogP contribution in [-0.4, -0.2) is 66.5 Å². The van der Waals surface area contributed by atoms with Crippen LogP contribution in [0.1, 0.15) is 25.0 Å². The Kier molecular flexibility index (Phi) is 9.73. The van der Waals surface area contributed by atoms with Crippen LogP contribution >= 0.6 is 11.6 Å². The smallest absolute Gasteiger partial charge is 0.285 e. The standard InChI is InChI=1S/C28H35ClN6O5/c1-17(2)39-27-25(24(29)26(36)33-34-27)32-16-19-6-9-21(38-3)22(15-19)40-23(14-18-4-7-20(30)8-5-18)28(37)35-12-10-31-11-13-35/h4-9,15,17,23,31H,10-14,16,30H2,1-3H3,(H2,32,33,36). The van der Waals surface area contributed by atoms with E-state index in [0.717, 1.165) is 24.2 Å². The number of methoxy groups -OCH3 is 1. The number of nitrogens with zero attached hydrogens (tertiary/aromatic N) is 2. The van der Waals surface area contributed by atoms with Crippen LogP contribution in [0.5, 0.6) is 17.4 Å². The van der Waals surface area contributed by atoms with Crippen molar-refractivity contribution in [2.75, 3.05) is 44.3 Å². The Balaban J connectivity index is 1.59. The van der Waals surface area contributed by atoms with Gasteiger partial charge in [0.05, 0.1) is 13.2 Å². The maximum atomic E-state index is 13.6. The van der Waals surface area contributed by atoms with Crippen molar-refractivity contribution in [3.8, 4) is 17.4 Å². The van der Waals surface area contributed by atoms with Crippen LogP contribution in [0.25, 0.3) is 0 Å². The van der Waals surface area contributed by atoms with E-state index in [9.17, 15) is 9.59 Å². The Bertz CT molecular complexity index is 1360. The molecule has 4 rings (SSSR count). The summed E-state index contributed by atoms with van der Waals surface area (Å²) < 4.78 is 17.6. The number of nitrogen functional groups attached to an aromatic ring is 1. The summed E-state index contributed by atoms with van der Waals surface area (Å²) in [6.07, 6.45) is -0.600. The number of ether oxygens (including phenoxy) is 3. The van der Waals surface area contributed by atoms with Gasteiger partial charge in [0.1, 0.15) is 10.7 Å². The fraction of sp³-hybridized carbons (Fsp3) is 0.393. The van der Waals surface area contributed by atoms with E-state index in [-0.39, 0.29) is 35.1 Å². The molecule has 1 aliphatic rings. The van der Waals surface area contributed by atoms with E-state index in [4.69, 9.17) is 31.5 Å². The van der Waals surface area contributed by atoms with Crippen LogP contribution in [0.3, 0.4) is 0 Å². The number of hydrogen-bond acceptors (Lipinski definition) is 9. The van der Waals surface area contributed by atoms with Crippen molar-refractivity contribution in [1.82, 2.24) is 20.4 Å². The van der Waals surface area contributed by atoms with Gasteiger partial charge in [-0.25, -0.2) is 5.10 Å². The third-order valence-electron chi connectivity index (χ3n) is 6.31. The van der Waals surface area contributed by atoms with E-state index >= 15 is 0 Å². The number of benzene rings is 2. The van der Waals surface area contributed by atoms with Crippen molar-refractivity contribution in [3.05, 3.63) is 69.0 Å². The van der Waals surface area contributed by atoms with Gasteiger partial charge in [-0.3, -0.25) is 9.59 Å². The normalized spacial score (nSPS) is 14.1. The minimum atomic E-state index is -0.781. The molecule has 1 aliphatic heterocycles. The molecule has 214 valence electrons. The van der Waals surface area contributed by atoms with Gasteiger partial charge in [0.15, 0.2) is 17.6 Å². The molecule has 2 heterocycles. The maximum absolute atomic E-state index is 13.6. The SMILES string of the molecule is COc1ccc(CNc2c(OC(C)C)n[nH]c(=O)c2Cl)cc1OC(Cc1ccc(N)cc1)C(=O)N1CCNCC1. The number of nitrogens with two attached hydrogens (primary N) is 1. The molecule has 11 nitrogen and oxygen atoms in total. The number of rotatable bonds is 11. The van der Waals surface area contributed by atoms with Crippen LogP contribution in [0.4, 0.5) is 11.4 Å². The molecule has 0 spiro atoms. The van der Waals surface area contributed by atoms with E-state index in [1.165, 1.54) is 0 Å². The Hall–Kier alpha value is -3.96. The van der Waals surface area contributed by atoms with E-state index in [1.807, 2.05) is 36.9 Å². The Morgan fingerprint density at radius 2 is 1.80 bits per heavy atom. The van der Waals surface area contributed by atoms with E-state index < -0.39 is 11.7 Å². The second-order valence-electron chi connectivity index (χ2n) is 9.68. The Labute approximate surface area is 237 Å². The highest BCUT2D eigenvalue weighted by Gasteiger charge is 2.28. The van der Waals surface area contributed by atoms with Crippen LogP contribution in [0.2, 0.25) is 5.02 Å². The quantitative estimate of drug-likeness (QED) is 0.256. The van der Waals surface area contributed by atoms with E-state index in [2.05, 4.69) is 20.8 Å². The minimum Gasteiger partial charge on any atom is -0.493 e. The van der Waals surface area contributed by atoms with Gasteiger partial charge in [0, 0.05) is 44.8 Å². The van der Waals surface area contributed by atoms with Gasteiger partial charge >= 0.3 is 0 Å². The monoisotopic (exact) mass is 570 g/mol. The van der Waals surface area contributed by atoms with Gasteiger partial charge < -0.3 is 35.5 Å². The number of anilines is 2. The van der Waals surface area contributed by atoms with Crippen LogP contribution in [-0.2, 0) is 17.8 Å². The van der Waals surface area contributed by atoms with Crippen molar-refractivity contribution in [3.63, 3.8) is 0 Å². The highest BCUT2D eigenvalue weighted by atomic mass is 35.5. The number of halogens is 1. The third-order valence-corrected chi connectivity index (χ3v) is 6.67. The maximum Gasteiger partial charge on any atom is 0.285 e. The minimum absolute atomic E-state index is 0.0548. The van der Waals surface area contributed by atoms with Crippen LogP contribution < -0.4 is 36.1 Å². The van der Waals surface area contributed by atoms with Gasteiger partial charge in [-0.2, -0.15) is 0 Å². The second-order valence-corrected chi connectivity index (χ2v) is 10.1. The molecule has 1 aromatic heterocycles. The average molecular weight is 571 g/mol. The summed E-state index contributed by atoms with van der Waals surface area (Å²) in [5, 5.41) is 12.7. The van der Waals surface area contributed by atoms with Crippen molar-refractivity contribution in [2.24, 2.45) is 0 Å². The number of aromatic nitrogens is 2. The zero-order valence-corrected chi connectivity index (χ0v) is 23.6. The molecule has 1 atom stereocenters. The fourth-order valence-electron chi connectivity index (χ4n) is 4.28. The van der Waals surface area contributed by atoms with E-state index in [0.29, 0.717) is 36.7 Å². The summed E-state index contributed by atoms with van der Waals surface area (Å²) >= 11 is 6.27. The largest absolute Gasteiger partial charge is 0.493 e. The first-order chi connectivity index (χ1) is 19.2. The molecule has 1 amide bonds. The van der Waals surface area contributed by atoms with Crippen molar-refractivity contribution < 1.29 is 19.0 Å². The fourth-order valence-corrected chi connectivity index (χ4v) is 4.47. The molecule has 0 aliphatic carbocycles. The first-order valence-electron chi connectivity index (χ1n) is 13.1. The van der Waals surface area contributed by atoms with Crippen LogP contribution in [0.15, 0.2) is 47.3 Å². The highest BCUT2D eigenvalue weighted by Crippen LogP contribution is 2.32. The molecule has 0 saturated carbocycles. The first kappa shape index (κ1) is 29.0. The summed E-state index contributed by atoms with van der Waals surface area (Å²) in [5.74, 6) is 0.994. The highest BCUT2D eigenvalue weighted by molar-refractivity contribution is 6.33. The number of hydrogen-bond donors (Lipinski definition) is 4. The van der Waals surface area contributed by atoms with Gasteiger partial charge in [-0.1, -0.05) is 29.8 Å². The molecule has 2 aromatic carbocycles. The lowest BCUT2D eigenvalue weighted by molar-refractivity contribution is -0.139. The lowest BCUT2D eigenvalue weighted by Gasteiger charge is -2.31. The molecule has 40 heavy (non-hydrogen) atoms. The lowest BCUT2D eigenvalue weighted by Crippen LogP contribution is -2.51. The Morgan fingerprint density at radius 1 is 1.10 bits per heavy atom. The second kappa shape index (κ2) is 13.4. The number of nitrogens with one attached hydrogen (secondary N) is 3. The molecule has 0 radical (unpaired) electrons. The van der Waals surface area contributed by atoms with Gasteiger partial charge in [0.25, 0.3) is 17.3 Å². The summed E-state index contributed by atoms with van der Waals surface area (Å²) in [6.45, 7) is 6.63. The summed E-state index contributed by atoms with van der Waals surface area (Å²) in [7, 11) is 1.55. The summed E-state index contributed by atoms with van der Waals surface area (Å²) in [6, 6.07) is 12.8. The van der Waals surface area contributed by atoms with Crippen molar-refractivity contribution in [1.29, 1.82) is 0 Å². The number of aromatic amines is 1. The number of amides is 1. The third kappa shape index (κ3) is 7.36. The van der Waals surface area contributed by atoms with Gasteiger partial charge in [-0.05, 0) is 49.2 Å². The van der Waals surface area contributed by atoms with Gasteiger partial charge in [-0.15, -0.1) is 5.10 Å². The van der Waals surface area contributed by atoms with Crippen molar-refractivity contribution >= 4 is 28.9 Å². The van der Waals surface area contributed by atoms with Crippen LogP contribution in [0, 0.1) is 0 Å². The molecule has 1 fully saturated rings. The molecule has 1 unspecified atom stereocenters. The Morgan fingerprint density at radius 3 is 2.48 bits per heavy atom. The predicted octanol–water partition coefficient (Wildman–Crippen LogP) is 2.84. The zero-order valence-electron chi connectivity index (χ0n) is 22.8. The number of carbonyl (C=O) groups is 1. The molecule has 1 saturated heterocycles. The van der Waals surface area contributed by atoms with Gasteiger partial charge in [0.2, 0.25) is 0 Å². The molecular formula is C28H35ClN6O5. The number of piperazine rings is 1. The topological polar surface area (TPSA) is 144 Å². The molecule has 12 heteroatoms. The number of carbonyl (C=O) groups excluding carboxylic acids is 1.